The molecule has 110 valence electrons. The van der Waals surface area contributed by atoms with Crippen molar-refractivity contribution in [2.24, 2.45) is 0 Å². The highest BCUT2D eigenvalue weighted by atomic mass is 19.1. The molecule has 0 atom stereocenters. The Kier molecular flexibility index (Phi) is 5.28. The maximum Gasteiger partial charge on any atom is 0.145 e. The molecule has 0 bridgehead atoms. The van der Waals surface area contributed by atoms with Crippen molar-refractivity contribution in [3.8, 4) is 17.9 Å². The molecule has 0 aliphatic rings. The summed E-state index contributed by atoms with van der Waals surface area (Å²) in [6.45, 7) is 2.15. The number of halogens is 2. The van der Waals surface area contributed by atoms with Crippen LogP contribution in [0.5, 0.6) is 0 Å². The van der Waals surface area contributed by atoms with Gasteiger partial charge in [0, 0.05) is 11.1 Å². The van der Waals surface area contributed by atoms with E-state index in [4.69, 9.17) is 5.26 Å². The average molecular weight is 295 g/mol. The molecule has 0 N–H and O–H groups in total. The zero-order valence-electron chi connectivity index (χ0n) is 12.3. The summed E-state index contributed by atoms with van der Waals surface area (Å²) in [5, 5.41) is 8.62. The molecule has 3 heteroatoms. The zero-order chi connectivity index (χ0) is 15.9. The van der Waals surface area contributed by atoms with Crippen LogP contribution in [0.25, 0.3) is 0 Å². The second-order valence-electron chi connectivity index (χ2n) is 4.98. The molecule has 0 aliphatic heterocycles. The predicted molar refractivity (Wildman–Crippen MR) is 82.1 cm³/mol. The fourth-order valence-corrected chi connectivity index (χ4v) is 2.03. The van der Waals surface area contributed by atoms with Crippen LogP contribution in [0.15, 0.2) is 36.4 Å². The summed E-state index contributed by atoms with van der Waals surface area (Å²) in [5.41, 5.74) is 1.67. The molecule has 0 amide bonds. The van der Waals surface area contributed by atoms with Gasteiger partial charge < -0.3 is 0 Å². The Morgan fingerprint density at radius 1 is 0.955 bits per heavy atom. The van der Waals surface area contributed by atoms with Gasteiger partial charge in [0.1, 0.15) is 23.3 Å². The first-order chi connectivity index (χ1) is 10.6. The van der Waals surface area contributed by atoms with Gasteiger partial charge in [-0.05, 0) is 42.7 Å². The van der Waals surface area contributed by atoms with Gasteiger partial charge in [0.2, 0.25) is 0 Å². The van der Waals surface area contributed by atoms with Crippen molar-refractivity contribution in [1.29, 1.82) is 5.26 Å². The van der Waals surface area contributed by atoms with Gasteiger partial charge in [-0.15, -0.1) is 0 Å². The van der Waals surface area contributed by atoms with Gasteiger partial charge in [0.05, 0.1) is 0 Å². The molecule has 2 aromatic carbocycles. The molecular formula is C19H15F2N. The Labute approximate surface area is 129 Å². The Balaban J connectivity index is 2.18. The maximum absolute atomic E-state index is 13.5. The van der Waals surface area contributed by atoms with Crippen molar-refractivity contribution in [3.63, 3.8) is 0 Å². The SMILES string of the molecule is CCCCc1ccc(C#Cc2cc(F)c(C#N)c(F)c2)cc1. The Morgan fingerprint density at radius 2 is 1.55 bits per heavy atom. The van der Waals surface area contributed by atoms with Gasteiger partial charge >= 0.3 is 0 Å². The second kappa shape index (κ2) is 7.38. The van der Waals surface area contributed by atoms with Gasteiger partial charge in [0.25, 0.3) is 0 Å². The van der Waals surface area contributed by atoms with Crippen molar-refractivity contribution >= 4 is 0 Å². The summed E-state index contributed by atoms with van der Waals surface area (Å²) in [5.74, 6) is 3.81. The molecule has 0 unspecified atom stereocenters. The van der Waals surface area contributed by atoms with Crippen molar-refractivity contribution in [2.45, 2.75) is 26.2 Å². The van der Waals surface area contributed by atoms with E-state index in [0.717, 1.165) is 37.0 Å². The molecule has 0 radical (unpaired) electrons. The van der Waals surface area contributed by atoms with Crippen LogP contribution in [0.2, 0.25) is 0 Å². The van der Waals surface area contributed by atoms with Gasteiger partial charge in [-0.2, -0.15) is 5.26 Å². The van der Waals surface area contributed by atoms with E-state index in [1.165, 1.54) is 11.6 Å². The van der Waals surface area contributed by atoms with Crippen molar-refractivity contribution in [2.75, 3.05) is 0 Å². The number of rotatable bonds is 3. The van der Waals surface area contributed by atoms with Crippen molar-refractivity contribution in [1.82, 2.24) is 0 Å². The highest BCUT2D eigenvalue weighted by Crippen LogP contribution is 2.14. The van der Waals surface area contributed by atoms with E-state index in [9.17, 15) is 8.78 Å². The largest absolute Gasteiger partial charge is 0.205 e. The first kappa shape index (κ1) is 15.7. The summed E-state index contributed by atoms with van der Waals surface area (Å²) in [6, 6.07) is 11.5. The van der Waals surface area contributed by atoms with E-state index in [-0.39, 0.29) is 5.56 Å². The number of benzene rings is 2. The van der Waals surface area contributed by atoms with E-state index < -0.39 is 17.2 Å². The van der Waals surface area contributed by atoms with E-state index in [1.54, 1.807) is 0 Å². The molecule has 0 saturated carbocycles. The molecule has 1 nitrogen and oxygen atoms in total. The third kappa shape index (κ3) is 3.93. The summed E-state index contributed by atoms with van der Waals surface area (Å²) < 4.78 is 27.0. The first-order valence-electron chi connectivity index (χ1n) is 7.14. The molecule has 0 fully saturated rings. The van der Waals surface area contributed by atoms with E-state index in [1.807, 2.05) is 24.3 Å². The lowest BCUT2D eigenvalue weighted by Gasteiger charge is -1.99. The van der Waals surface area contributed by atoms with Crippen molar-refractivity contribution < 1.29 is 8.78 Å². The van der Waals surface area contributed by atoms with Gasteiger partial charge in [0.15, 0.2) is 0 Å². The molecule has 2 rings (SSSR count). The number of nitriles is 1. The lowest BCUT2D eigenvalue weighted by atomic mass is 10.1. The summed E-state index contributed by atoms with van der Waals surface area (Å²) in [7, 11) is 0. The zero-order valence-corrected chi connectivity index (χ0v) is 12.3. The average Bonchev–Trinajstić information content (AvgIpc) is 2.51. The lowest BCUT2D eigenvalue weighted by molar-refractivity contribution is 0.576. The topological polar surface area (TPSA) is 23.8 Å². The molecule has 0 saturated heterocycles. The molecule has 22 heavy (non-hydrogen) atoms. The quantitative estimate of drug-likeness (QED) is 0.760. The molecule has 0 aromatic heterocycles. The monoisotopic (exact) mass is 295 g/mol. The van der Waals surface area contributed by atoms with Crippen LogP contribution in [0, 0.1) is 34.8 Å². The van der Waals surface area contributed by atoms with Gasteiger partial charge in [-0.1, -0.05) is 37.3 Å². The molecular weight excluding hydrogens is 280 g/mol. The van der Waals surface area contributed by atoms with E-state index >= 15 is 0 Å². The molecule has 2 aromatic rings. The van der Waals surface area contributed by atoms with Crippen LogP contribution in [-0.2, 0) is 6.42 Å². The van der Waals surface area contributed by atoms with E-state index in [0.29, 0.717) is 0 Å². The minimum atomic E-state index is -0.887. The number of unbranched alkanes of at least 4 members (excludes halogenated alkanes) is 1. The Hall–Kier alpha value is -2.65. The Morgan fingerprint density at radius 3 is 2.09 bits per heavy atom. The third-order valence-electron chi connectivity index (χ3n) is 3.28. The Bertz CT molecular complexity index is 736. The number of nitrogens with zero attached hydrogens (tertiary/aromatic N) is 1. The predicted octanol–water partition coefficient (Wildman–Crippen LogP) is 4.58. The smallest absolute Gasteiger partial charge is 0.145 e. The first-order valence-corrected chi connectivity index (χ1v) is 7.14. The highest BCUT2D eigenvalue weighted by molar-refractivity contribution is 5.46. The maximum atomic E-state index is 13.5. The third-order valence-corrected chi connectivity index (χ3v) is 3.28. The van der Waals surface area contributed by atoms with Gasteiger partial charge in [-0.25, -0.2) is 8.78 Å². The summed E-state index contributed by atoms with van der Waals surface area (Å²) >= 11 is 0. The molecule has 0 aliphatic carbocycles. The van der Waals surface area contributed by atoms with Crippen LogP contribution < -0.4 is 0 Å². The second-order valence-corrected chi connectivity index (χ2v) is 4.98. The number of hydrogen-bond acceptors (Lipinski definition) is 1. The van der Waals surface area contributed by atoms with Crippen molar-refractivity contribution in [3.05, 3.63) is 70.3 Å². The van der Waals surface area contributed by atoms with E-state index in [2.05, 4.69) is 18.8 Å². The van der Waals surface area contributed by atoms with Crippen LogP contribution in [-0.4, -0.2) is 0 Å². The number of aryl methyl sites for hydroxylation is 1. The fraction of sp³-hybridized carbons (Fsp3) is 0.211. The standard InChI is InChI=1S/C19H15F2N/c1-2-3-4-14-5-7-15(8-6-14)9-10-16-11-18(20)17(13-22)19(21)12-16/h5-8,11-12H,2-4H2,1H3. The molecule has 0 heterocycles. The highest BCUT2D eigenvalue weighted by Gasteiger charge is 2.09. The minimum absolute atomic E-state index is 0.212. The van der Waals surface area contributed by atoms with Crippen LogP contribution in [0.3, 0.4) is 0 Å². The lowest BCUT2D eigenvalue weighted by Crippen LogP contribution is -1.91. The normalized spacial score (nSPS) is 9.73. The van der Waals surface area contributed by atoms with Crippen LogP contribution in [0.1, 0.15) is 42.0 Å². The van der Waals surface area contributed by atoms with Crippen LogP contribution >= 0.6 is 0 Å². The summed E-state index contributed by atoms with van der Waals surface area (Å²) in [4.78, 5) is 0. The summed E-state index contributed by atoms with van der Waals surface area (Å²) in [6.07, 6.45) is 3.34. The molecule has 0 spiro atoms. The number of hydrogen-bond donors (Lipinski definition) is 0. The fourth-order valence-electron chi connectivity index (χ4n) is 2.03. The minimum Gasteiger partial charge on any atom is -0.205 e. The van der Waals surface area contributed by atoms with Crippen LogP contribution in [0.4, 0.5) is 8.78 Å². The van der Waals surface area contributed by atoms with Gasteiger partial charge in [-0.3, -0.25) is 0 Å².